The number of carbonyl (C=O) groups is 1. The van der Waals surface area contributed by atoms with Crippen LogP contribution in [0.2, 0.25) is 0 Å². The Kier molecular flexibility index (Phi) is 3.65. The Hall–Kier alpha value is -1.44. The molecule has 2 rings (SSSR count). The molecule has 98 valence electrons. The summed E-state index contributed by atoms with van der Waals surface area (Å²) >= 11 is 0. The van der Waals surface area contributed by atoms with Gasteiger partial charge in [-0.05, 0) is 37.2 Å². The van der Waals surface area contributed by atoms with Crippen LogP contribution in [0.15, 0.2) is 29.2 Å². The number of carbonyl (C=O) groups excluding carboxylic acids is 1. The Morgan fingerprint density at radius 2 is 2.00 bits per heavy atom. The highest BCUT2D eigenvalue weighted by atomic mass is 32.2. The van der Waals surface area contributed by atoms with Gasteiger partial charge < -0.3 is 11.1 Å². The standard InChI is InChI=1S/C11H15N3O3S/c12-11(15)8-1-3-10(4-2-8)18(16,17)14-9-5-6-13-7-9/h1-4,9,13-14H,5-7H2,(H2,12,15)/t9-/m1/s1. The van der Waals surface area contributed by atoms with E-state index in [1.54, 1.807) is 0 Å². The van der Waals surface area contributed by atoms with Crippen molar-refractivity contribution < 1.29 is 13.2 Å². The fourth-order valence-electron chi connectivity index (χ4n) is 1.84. The van der Waals surface area contributed by atoms with Crippen molar-refractivity contribution in [2.24, 2.45) is 5.73 Å². The average Bonchev–Trinajstić information content (AvgIpc) is 2.81. The Morgan fingerprint density at radius 1 is 1.33 bits per heavy atom. The van der Waals surface area contributed by atoms with E-state index in [2.05, 4.69) is 10.0 Å². The number of primary amides is 1. The summed E-state index contributed by atoms with van der Waals surface area (Å²) in [6.07, 6.45) is 0.776. The summed E-state index contributed by atoms with van der Waals surface area (Å²) in [5.74, 6) is -0.577. The third-order valence-corrected chi connectivity index (χ3v) is 4.37. The summed E-state index contributed by atoms with van der Waals surface area (Å²) in [6.45, 7) is 1.45. The topological polar surface area (TPSA) is 101 Å². The zero-order chi connectivity index (χ0) is 13.2. The lowest BCUT2D eigenvalue weighted by Crippen LogP contribution is -2.36. The Bertz CT molecular complexity index is 533. The number of hydrogen-bond acceptors (Lipinski definition) is 4. The highest BCUT2D eigenvalue weighted by Gasteiger charge is 2.22. The maximum Gasteiger partial charge on any atom is 0.248 e. The lowest BCUT2D eigenvalue weighted by atomic mass is 10.2. The second-order valence-electron chi connectivity index (χ2n) is 4.20. The van der Waals surface area contributed by atoms with Gasteiger partial charge in [-0.15, -0.1) is 0 Å². The minimum atomic E-state index is -3.53. The molecular weight excluding hydrogens is 254 g/mol. The highest BCUT2D eigenvalue weighted by molar-refractivity contribution is 7.89. The number of rotatable bonds is 4. The van der Waals surface area contributed by atoms with Gasteiger partial charge >= 0.3 is 0 Å². The van der Waals surface area contributed by atoms with Crippen molar-refractivity contribution >= 4 is 15.9 Å². The lowest BCUT2D eigenvalue weighted by Gasteiger charge is -2.12. The van der Waals surface area contributed by atoms with Crippen LogP contribution < -0.4 is 15.8 Å². The Morgan fingerprint density at radius 3 is 2.50 bits per heavy atom. The normalized spacial score (nSPS) is 19.9. The molecular formula is C11H15N3O3S. The molecule has 1 aromatic rings. The van der Waals surface area contributed by atoms with Gasteiger partial charge in [-0.1, -0.05) is 0 Å². The first-order valence-electron chi connectivity index (χ1n) is 5.62. The number of sulfonamides is 1. The number of amides is 1. The van der Waals surface area contributed by atoms with Crippen LogP contribution in [0.1, 0.15) is 16.8 Å². The number of benzene rings is 1. The smallest absolute Gasteiger partial charge is 0.248 e. The maximum atomic E-state index is 12.0. The van der Waals surface area contributed by atoms with Gasteiger partial charge in [0, 0.05) is 18.2 Å². The van der Waals surface area contributed by atoms with Gasteiger partial charge in [-0.3, -0.25) is 4.79 Å². The lowest BCUT2D eigenvalue weighted by molar-refractivity contribution is 0.1000. The van der Waals surface area contributed by atoms with Gasteiger partial charge in [0.05, 0.1) is 4.90 Å². The SMILES string of the molecule is NC(=O)c1ccc(S(=O)(=O)N[C@@H]2CCNC2)cc1. The van der Waals surface area contributed by atoms with Crippen LogP contribution in [0.3, 0.4) is 0 Å². The second kappa shape index (κ2) is 5.05. The van der Waals surface area contributed by atoms with Gasteiger partial charge in [0.1, 0.15) is 0 Å². The minimum absolute atomic E-state index is 0.0779. The molecule has 0 aliphatic carbocycles. The van der Waals surface area contributed by atoms with Gasteiger partial charge in [0.15, 0.2) is 0 Å². The van der Waals surface area contributed by atoms with Crippen LogP contribution in [0.4, 0.5) is 0 Å². The summed E-state index contributed by atoms with van der Waals surface area (Å²) in [6, 6.07) is 5.49. The zero-order valence-electron chi connectivity index (χ0n) is 9.72. The highest BCUT2D eigenvalue weighted by Crippen LogP contribution is 2.12. The molecule has 1 aliphatic heterocycles. The van der Waals surface area contributed by atoms with Gasteiger partial charge in [0.25, 0.3) is 0 Å². The van der Waals surface area contributed by atoms with Crippen molar-refractivity contribution in [3.63, 3.8) is 0 Å². The summed E-state index contributed by atoms with van der Waals surface area (Å²) in [4.78, 5) is 11.0. The maximum absolute atomic E-state index is 12.0. The van der Waals surface area contributed by atoms with Crippen molar-refractivity contribution in [2.75, 3.05) is 13.1 Å². The molecule has 0 aromatic heterocycles. The molecule has 1 heterocycles. The molecule has 7 heteroatoms. The van der Waals surface area contributed by atoms with Gasteiger partial charge in [-0.2, -0.15) is 0 Å². The van der Waals surface area contributed by atoms with E-state index in [4.69, 9.17) is 5.73 Å². The number of nitrogens with two attached hydrogens (primary N) is 1. The van der Waals surface area contributed by atoms with Crippen LogP contribution in [-0.4, -0.2) is 33.5 Å². The van der Waals surface area contributed by atoms with Crippen molar-refractivity contribution in [1.82, 2.24) is 10.0 Å². The van der Waals surface area contributed by atoms with Crippen LogP contribution >= 0.6 is 0 Å². The van der Waals surface area contributed by atoms with E-state index in [-0.39, 0.29) is 16.5 Å². The van der Waals surface area contributed by atoms with Gasteiger partial charge in [0.2, 0.25) is 15.9 Å². The van der Waals surface area contributed by atoms with E-state index >= 15 is 0 Å². The molecule has 0 saturated carbocycles. The molecule has 1 aromatic carbocycles. The average molecular weight is 269 g/mol. The van der Waals surface area contributed by atoms with E-state index in [0.717, 1.165) is 13.0 Å². The molecule has 1 fully saturated rings. The Labute approximate surface area is 106 Å². The van der Waals surface area contributed by atoms with Crippen LogP contribution in [-0.2, 0) is 10.0 Å². The third-order valence-electron chi connectivity index (χ3n) is 2.83. The molecule has 0 bridgehead atoms. The predicted molar refractivity (Wildman–Crippen MR) is 66.6 cm³/mol. The van der Waals surface area contributed by atoms with E-state index < -0.39 is 15.9 Å². The van der Waals surface area contributed by atoms with E-state index in [1.165, 1.54) is 24.3 Å². The molecule has 6 nitrogen and oxygen atoms in total. The monoisotopic (exact) mass is 269 g/mol. The first-order valence-corrected chi connectivity index (χ1v) is 7.10. The molecule has 0 spiro atoms. The third kappa shape index (κ3) is 2.87. The molecule has 1 saturated heterocycles. The number of hydrogen-bond donors (Lipinski definition) is 3. The fourth-order valence-corrected chi connectivity index (χ4v) is 3.11. The van der Waals surface area contributed by atoms with Crippen molar-refractivity contribution in [1.29, 1.82) is 0 Å². The molecule has 18 heavy (non-hydrogen) atoms. The summed E-state index contributed by atoms with van der Waals surface area (Å²) in [5, 5.41) is 3.08. The summed E-state index contributed by atoms with van der Waals surface area (Å²) in [5.41, 5.74) is 5.38. The van der Waals surface area contributed by atoms with Crippen molar-refractivity contribution in [3.8, 4) is 0 Å². The number of nitrogens with one attached hydrogen (secondary N) is 2. The minimum Gasteiger partial charge on any atom is -0.366 e. The largest absolute Gasteiger partial charge is 0.366 e. The molecule has 1 amide bonds. The quantitative estimate of drug-likeness (QED) is 0.681. The van der Waals surface area contributed by atoms with Crippen LogP contribution in [0, 0.1) is 0 Å². The van der Waals surface area contributed by atoms with Crippen molar-refractivity contribution in [3.05, 3.63) is 29.8 Å². The zero-order valence-corrected chi connectivity index (χ0v) is 10.5. The van der Waals surface area contributed by atoms with E-state index in [0.29, 0.717) is 6.54 Å². The molecule has 0 radical (unpaired) electrons. The molecule has 1 atom stereocenters. The summed E-state index contributed by atoms with van der Waals surface area (Å²) < 4.78 is 26.6. The van der Waals surface area contributed by atoms with E-state index in [9.17, 15) is 13.2 Å². The van der Waals surface area contributed by atoms with Gasteiger partial charge in [-0.25, -0.2) is 13.1 Å². The first-order chi connectivity index (χ1) is 8.49. The first kappa shape index (κ1) is 13.0. The molecule has 0 unspecified atom stereocenters. The molecule has 1 aliphatic rings. The predicted octanol–water partition coefficient (Wildman–Crippen LogP) is -0.574. The van der Waals surface area contributed by atoms with Crippen LogP contribution in [0.5, 0.6) is 0 Å². The van der Waals surface area contributed by atoms with E-state index in [1.807, 2.05) is 0 Å². The van der Waals surface area contributed by atoms with Crippen molar-refractivity contribution in [2.45, 2.75) is 17.4 Å². The summed E-state index contributed by atoms with van der Waals surface area (Å²) in [7, 11) is -3.53. The Balaban J connectivity index is 2.16. The second-order valence-corrected chi connectivity index (χ2v) is 5.91. The fraction of sp³-hybridized carbons (Fsp3) is 0.364. The van der Waals surface area contributed by atoms with Crippen LogP contribution in [0.25, 0.3) is 0 Å². The molecule has 4 N–H and O–H groups in total.